The molecule has 0 aliphatic carbocycles. The van der Waals surface area contributed by atoms with Crippen LogP contribution in [-0.2, 0) is 6.61 Å². The second kappa shape index (κ2) is 7.20. The Labute approximate surface area is 89.5 Å². The van der Waals surface area contributed by atoms with Crippen LogP contribution >= 0.6 is 0 Å². The van der Waals surface area contributed by atoms with E-state index < -0.39 is 0 Å². The van der Waals surface area contributed by atoms with E-state index in [9.17, 15) is 0 Å². The van der Waals surface area contributed by atoms with Gasteiger partial charge in [-0.1, -0.05) is 0 Å². The van der Waals surface area contributed by atoms with Crippen LogP contribution in [0.1, 0.15) is 25.0 Å². The van der Waals surface area contributed by atoms with E-state index in [1.165, 1.54) is 0 Å². The molecule has 0 radical (unpaired) electrons. The van der Waals surface area contributed by atoms with E-state index in [4.69, 9.17) is 14.9 Å². The monoisotopic (exact) mass is 211 g/mol. The maximum atomic E-state index is 8.77. The standard InChI is InChI=1S/C11H17NO3/c13-6-2-1-3-7-15-11-5-4-10(9-14)12-8-11/h4-5,8,13-14H,1-3,6-7,9H2. The zero-order valence-electron chi connectivity index (χ0n) is 8.72. The predicted molar refractivity (Wildman–Crippen MR) is 56.6 cm³/mol. The first-order valence-corrected chi connectivity index (χ1v) is 5.16. The van der Waals surface area contributed by atoms with Crippen molar-refractivity contribution >= 4 is 0 Å². The molecule has 4 heteroatoms. The molecule has 1 aromatic rings. The van der Waals surface area contributed by atoms with E-state index in [2.05, 4.69) is 4.98 Å². The summed E-state index contributed by atoms with van der Waals surface area (Å²) in [6.07, 6.45) is 4.34. The molecule has 1 aromatic heterocycles. The highest BCUT2D eigenvalue weighted by atomic mass is 16.5. The van der Waals surface area contributed by atoms with Crippen LogP contribution in [0, 0.1) is 0 Å². The minimum Gasteiger partial charge on any atom is -0.492 e. The summed E-state index contributed by atoms with van der Waals surface area (Å²) in [5.74, 6) is 0.719. The van der Waals surface area contributed by atoms with Gasteiger partial charge in [-0.25, -0.2) is 0 Å². The lowest BCUT2D eigenvalue weighted by atomic mass is 10.2. The summed E-state index contributed by atoms with van der Waals surface area (Å²) < 4.78 is 5.43. The van der Waals surface area contributed by atoms with Crippen LogP contribution in [0.5, 0.6) is 5.75 Å². The number of aliphatic hydroxyl groups excluding tert-OH is 2. The molecule has 0 aliphatic rings. The summed E-state index contributed by atoms with van der Waals surface area (Å²) in [5, 5.41) is 17.3. The molecule has 0 fully saturated rings. The van der Waals surface area contributed by atoms with Crippen molar-refractivity contribution in [3.63, 3.8) is 0 Å². The van der Waals surface area contributed by atoms with Gasteiger partial charge >= 0.3 is 0 Å². The number of nitrogens with zero attached hydrogens (tertiary/aromatic N) is 1. The Morgan fingerprint density at radius 2 is 2.00 bits per heavy atom. The quantitative estimate of drug-likeness (QED) is 0.663. The van der Waals surface area contributed by atoms with Gasteiger partial charge in [0.2, 0.25) is 0 Å². The Bertz CT molecular complexity index is 261. The van der Waals surface area contributed by atoms with Crippen LogP contribution in [0.4, 0.5) is 0 Å². The highest BCUT2D eigenvalue weighted by Crippen LogP contribution is 2.09. The Balaban J connectivity index is 2.20. The van der Waals surface area contributed by atoms with Crippen molar-refractivity contribution in [2.45, 2.75) is 25.9 Å². The number of hydrogen-bond donors (Lipinski definition) is 2. The fourth-order valence-electron chi connectivity index (χ4n) is 1.17. The molecule has 0 atom stereocenters. The zero-order valence-corrected chi connectivity index (χ0v) is 8.72. The minimum atomic E-state index is -0.0449. The molecule has 2 N–H and O–H groups in total. The average molecular weight is 211 g/mol. The normalized spacial score (nSPS) is 10.3. The molecular weight excluding hydrogens is 194 g/mol. The van der Waals surface area contributed by atoms with E-state index >= 15 is 0 Å². The van der Waals surface area contributed by atoms with Crippen molar-refractivity contribution in [3.05, 3.63) is 24.0 Å². The van der Waals surface area contributed by atoms with Crippen LogP contribution in [0.3, 0.4) is 0 Å². The molecule has 84 valence electrons. The number of aliphatic hydroxyl groups is 2. The van der Waals surface area contributed by atoms with E-state index in [1.807, 2.05) is 0 Å². The second-order valence-electron chi connectivity index (χ2n) is 3.28. The Kier molecular flexibility index (Phi) is 5.73. The van der Waals surface area contributed by atoms with Gasteiger partial charge in [-0.05, 0) is 31.4 Å². The molecule has 0 unspecified atom stereocenters. The van der Waals surface area contributed by atoms with Crippen LogP contribution < -0.4 is 4.74 Å². The number of hydrogen-bond acceptors (Lipinski definition) is 4. The zero-order chi connectivity index (χ0) is 10.9. The number of unbranched alkanes of at least 4 members (excludes halogenated alkanes) is 2. The summed E-state index contributed by atoms with van der Waals surface area (Å²) in [7, 11) is 0. The van der Waals surface area contributed by atoms with E-state index in [-0.39, 0.29) is 13.2 Å². The molecule has 1 rings (SSSR count). The maximum Gasteiger partial charge on any atom is 0.137 e. The third-order valence-electron chi connectivity index (χ3n) is 2.03. The molecule has 0 amide bonds. The predicted octanol–water partition coefficient (Wildman–Crippen LogP) is 1.12. The fraction of sp³-hybridized carbons (Fsp3) is 0.545. The lowest BCUT2D eigenvalue weighted by Crippen LogP contribution is -1.99. The summed E-state index contributed by atoms with van der Waals surface area (Å²) in [6, 6.07) is 3.54. The molecule has 4 nitrogen and oxygen atoms in total. The molecule has 0 aromatic carbocycles. The van der Waals surface area contributed by atoms with Crippen molar-refractivity contribution in [2.24, 2.45) is 0 Å². The molecule has 0 saturated heterocycles. The average Bonchev–Trinajstić information content (AvgIpc) is 2.30. The van der Waals surface area contributed by atoms with Crippen LogP contribution in [0.2, 0.25) is 0 Å². The van der Waals surface area contributed by atoms with Gasteiger partial charge < -0.3 is 14.9 Å². The van der Waals surface area contributed by atoms with Gasteiger partial charge in [0.1, 0.15) is 5.75 Å². The topological polar surface area (TPSA) is 62.6 Å². The van der Waals surface area contributed by atoms with Crippen molar-refractivity contribution < 1.29 is 14.9 Å². The van der Waals surface area contributed by atoms with Gasteiger partial charge in [-0.2, -0.15) is 0 Å². The summed E-state index contributed by atoms with van der Waals surface area (Å²) >= 11 is 0. The van der Waals surface area contributed by atoms with Crippen LogP contribution in [0.15, 0.2) is 18.3 Å². The van der Waals surface area contributed by atoms with Gasteiger partial charge in [-0.3, -0.25) is 4.98 Å². The number of aromatic nitrogens is 1. The molecule has 0 bridgehead atoms. The van der Waals surface area contributed by atoms with Gasteiger partial charge in [-0.15, -0.1) is 0 Å². The summed E-state index contributed by atoms with van der Waals surface area (Å²) in [6.45, 7) is 0.837. The highest BCUT2D eigenvalue weighted by molar-refractivity contribution is 5.19. The first-order chi connectivity index (χ1) is 7.36. The molecular formula is C11H17NO3. The lowest BCUT2D eigenvalue weighted by molar-refractivity contribution is 0.264. The molecule has 0 saturated carbocycles. The fourth-order valence-corrected chi connectivity index (χ4v) is 1.17. The number of ether oxygens (including phenoxy) is 1. The number of rotatable bonds is 7. The largest absolute Gasteiger partial charge is 0.492 e. The van der Waals surface area contributed by atoms with Crippen LogP contribution in [0.25, 0.3) is 0 Å². The highest BCUT2D eigenvalue weighted by Gasteiger charge is 1.95. The third-order valence-corrected chi connectivity index (χ3v) is 2.03. The van der Waals surface area contributed by atoms with E-state index in [1.54, 1.807) is 18.3 Å². The first kappa shape index (κ1) is 11.9. The van der Waals surface area contributed by atoms with Gasteiger partial charge in [0.15, 0.2) is 0 Å². The third kappa shape index (κ3) is 4.76. The van der Waals surface area contributed by atoms with Gasteiger partial charge in [0.25, 0.3) is 0 Å². The van der Waals surface area contributed by atoms with Crippen molar-refractivity contribution in [1.29, 1.82) is 0 Å². The molecule has 0 aliphatic heterocycles. The van der Waals surface area contributed by atoms with Crippen molar-refractivity contribution in [1.82, 2.24) is 4.98 Å². The number of pyridine rings is 1. The Morgan fingerprint density at radius 1 is 1.13 bits per heavy atom. The smallest absolute Gasteiger partial charge is 0.137 e. The summed E-state index contributed by atoms with van der Waals surface area (Å²) in [4.78, 5) is 4.00. The Morgan fingerprint density at radius 3 is 2.60 bits per heavy atom. The minimum absolute atomic E-state index is 0.0449. The summed E-state index contributed by atoms with van der Waals surface area (Å²) in [5.41, 5.74) is 0.641. The Hall–Kier alpha value is -1.13. The SMILES string of the molecule is OCCCCCOc1ccc(CO)nc1. The van der Waals surface area contributed by atoms with E-state index in [0.29, 0.717) is 12.3 Å². The maximum absolute atomic E-state index is 8.77. The van der Waals surface area contributed by atoms with Crippen molar-refractivity contribution in [2.75, 3.05) is 13.2 Å². The molecule has 0 spiro atoms. The second-order valence-corrected chi connectivity index (χ2v) is 3.28. The molecule has 15 heavy (non-hydrogen) atoms. The molecule has 1 heterocycles. The van der Waals surface area contributed by atoms with Crippen molar-refractivity contribution in [3.8, 4) is 5.75 Å². The van der Waals surface area contributed by atoms with Crippen LogP contribution in [-0.4, -0.2) is 28.4 Å². The van der Waals surface area contributed by atoms with E-state index in [0.717, 1.165) is 25.0 Å². The van der Waals surface area contributed by atoms with Gasteiger partial charge in [0, 0.05) is 6.61 Å². The lowest BCUT2D eigenvalue weighted by Gasteiger charge is -2.05. The van der Waals surface area contributed by atoms with Gasteiger partial charge in [0.05, 0.1) is 25.1 Å². The first-order valence-electron chi connectivity index (χ1n) is 5.16.